The highest BCUT2D eigenvalue weighted by Gasteiger charge is 2.35. The highest BCUT2D eigenvalue weighted by molar-refractivity contribution is 5.18. The molecular formula is C6H11NO. The fraction of sp³-hybridized carbons (Fsp3) is 0.667. The van der Waals surface area contributed by atoms with Gasteiger partial charge in [-0.3, -0.25) is 0 Å². The quantitative estimate of drug-likeness (QED) is 0.471. The topological polar surface area (TPSA) is 24.6 Å². The summed E-state index contributed by atoms with van der Waals surface area (Å²) in [6.45, 7) is 5.00. The molecular weight excluding hydrogens is 102 g/mol. The Balaban J connectivity index is 0.000000147. The second kappa shape index (κ2) is 2.07. The molecule has 0 saturated carbocycles. The summed E-state index contributed by atoms with van der Waals surface area (Å²) >= 11 is 0. The van der Waals surface area contributed by atoms with E-state index in [0.717, 1.165) is 12.3 Å². The van der Waals surface area contributed by atoms with E-state index in [2.05, 4.69) is 5.32 Å². The largest absolute Gasteiger partial charge is 0.479 e. The first-order chi connectivity index (χ1) is 3.97. The van der Waals surface area contributed by atoms with E-state index < -0.39 is 0 Å². The van der Waals surface area contributed by atoms with E-state index in [9.17, 15) is 0 Å². The van der Waals surface area contributed by atoms with E-state index in [0.29, 0.717) is 6.10 Å². The van der Waals surface area contributed by atoms with Crippen LogP contribution in [-0.4, -0.2) is 12.6 Å². The Kier molecular flexibility index (Phi) is 1.42. The van der Waals surface area contributed by atoms with Crippen molar-refractivity contribution in [3.05, 3.63) is 12.0 Å². The number of hydrogen-bond donors (Lipinski definition) is 1. The summed E-state index contributed by atoms with van der Waals surface area (Å²) in [6.07, 6.45) is 2.38. The first kappa shape index (κ1) is 5.48. The van der Waals surface area contributed by atoms with E-state index in [1.165, 1.54) is 0 Å². The molecule has 0 amide bonds. The predicted molar refractivity (Wildman–Crippen MR) is 32.3 cm³/mol. The van der Waals surface area contributed by atoms with Crippen LogP contribution in [0.3, 0.4) is 0 Å². The fourth-order valence-corrected chi connectivity index (χ4v) is 0.666. The maximum absolute atomic E-state index is 4.95. The minimum atomic E-state index is 0.463. The van der Waals surface area contributed by atoms with Gasteiger partial charge in [-0.05, 0) is 0 Å². The van der Waals surface area contributed by atoms with Gasteiger partial charge >= 0.3 is 0 Å². The molecule has 1 unspecified atom stereocenters. The van der Waals surface area contributed by atoms with Crippen LogP contribution in [0, 0.1) is 0 Å². The van der Waals surface area contributed by atoms with Crippen LogP contribution in [0.2, 0.25) is 0 Å². The molecule has 2 heteroatoms. The van der Waals surface area contributed by atoms with Crippen molar-refractivity contribution in [2.45, 2.75) is 20.0 Å². The normalized spacial score (nSPS) is 27.8. The highest BCUT2D eigenvalue weighted by atomic mass is 16.6. The Morgan fingerprint density at radius 1 is 1.75 bits per heavy atom. The summed E-state index contributed by atoms with van der Waals surface area (Å²) in [5.74, 6) is 1.13. The number of hydrogen-bond acceptors (Lipinski definition) is 2. The molecule has 0 aromatic heterocycles. The number of rotatable bonds is 0. The molecule has 1 fully saturated rings. The Morgan fingerprint density at radius 3 is 2.62 bits per heavy atom. The molecule has 1 saturated heterocycles. The molecule has 0 aromatic rings. The van der Waals surface area contributed by atoms with Crippen molar-refractivity contribution in [2.75, 3.05) is 6.54 Å². The van der Waals surface area contributed by atoms with Crippen LogP contribution in [-0.2, 0) is 4.74 Å². The SMILES string of the molecule is C1=C2OC2CN1.CC. The average Bonchev–Trinajstić information content (AvgIpc) is 2.46. The van der Waals surface area contributed by atoms with Crippen molar-refractivity contribution in [2.24, 2.45) is 0 Å². The van der Waals surface area contributed by atoms with Crippen molar-refractivity contribution in [1.29, 1.82) is 0 Å². The van der Waals surface area contributed by atoms with Gasteiger partial charge in [-0.2, -0.15) is 0 Å². The van der Waals surface area contributed by atoms with Crippen LogP contribution in [0.4, 0.5) is 0 Å². The summed E-state index contributed by atoms with van der Waals surface area (Å²) in [4.78, 5) is 0. The summed E-state index contributed by atoms with van der Waals surface area (Å²) < 4.78 is 4.95. The molecule has 2 aliphatic rings. The maximum atomic E-state index is 4.95. The minimum absolute atomic E-state index is 0.463. The summed E-state index contributed by atoms with van der Waals surface area (Å²) in [7, 11) is 0. The second-order valence-corrected chi connectivity index (χ2v) is 1.56. The highest BCUT2D eigenvalue weighted by Crippen LogP contribution is 2.28. The molecule has 0 spiro atoms. The van der Waals surface area contributed by atoms with Gasteiger partial charge in [0.15, 0.2) is 11.9 Å². The van der Waals surface area contributed by atoms with E-state index in [1.54, 1.807) is 0 Å². The summed E-state index contributed by atoms with van der Waals surface area (Å²) in [6, 6.07) is 0. The first-order valence-electron chi connectivity index (χ1n) is 3.07. The van der Waals surface area contributed by atoms with Gasteiger partial charge < -0.3 is 10.1 Å². The van der Waals surface area contributed by atoms with Gasteiger partial charge in [0, 0.05) is 6.20 Å². The molecule has 46 valence electrons. The van der Waals surface area contributed by atoms with Crippen molar-refractivity contribution >= 4 is 0 Å². The molecule has 2 nitrogen and oxygen atoms in total. The standard InChI is InChI=1S/C4H5NO.C2H6/c1-3-4(6-3)2-5-1;1-2/h1,4-5H,2H2;1-2H3. The van der Waals surface area contributed by atoms with E-state index in [-0.39, 0.29) is 0 Å². The van der Waals surface area contributed by atoms with Crippen molar-refractivity contribution in [3.63, 3.8) is 0 Å². The lowest BCUT2D eigenvalue weighted by Crippen LogP contribution is -2.06. The Morgan fingerprint density at radius 2 is 2.50 bits per heavy atom. The molecule has 2 rings (SSSR count). The van der Waals surface area contributed by atoms with Crippen molar-refractivity contribution in [1.82, 2.24) is 5.32 Å². The summed E-state index contributed by atoms with van der Waals surface area (Å²) in [5, 5.41) is 3.03. The monoisotopic (exact) mass is 113 g/mol. The summed E-state index contributed by atoms with van der Waals surface area (Å²) in [5.41, 5.74) is 0. The fourth-order valence-electron chi connectivity index (χ4n) is 0.666. The smallest absolute Gasteiger partial charge is 0.174 e. The first-order valence-corrected chi connectivity index (χ1v) is 3.07. The molecule has 1 N–H and O–H groups in total. The second-order valence-electron chi connectivity index (χ2n) is 1.56. The Labute approximate surface area is 49.5 Å². The molecule has 2 heterocycles. The minimum Gasteiger partial charge on any atom is -0.479 e. The lowest BCUT2D eigenvalue weighted by atomic mass is 10.5. The van der Waals surface area contributed by atoms with E-state index >= 15 is 0 Å². The van der Waals surface area contributed by atoms with Crippen LogP contribution in [0.1, 0.15) is 13.8 Å². The molecule has 8 heavy (non-hydrogen) atoms. The van der Waals surface area contributed by atoms with Gasteiger partial charge in [0.05, 0.1) is 6.54 Å². The number of fused-ring (bicyclic) bond motifs is 1. The van der Waals surface area contributed by atoms with Gasteiger partial charge in [-0.15, -0.1) is 0 Å². The van der Waals surface area contributed by atoms with Gasteiger partial charge in [-0.1, -0.05) is 13.8 Å². The molecule has 1 atom stereocenters. The lowest BCUT2D eigenvalue weighted by molar-refractivity contribution is 0.410. The third-order valence-corrected chi connectivity index (χ3v) is 1.09. The lowest BCUT2D eigenvalue weighted by Gasteiger charge is -1.84. The maximum Gasteiger partial charge on any atom is 0.174 e. The van der Waals surface area contributed by atoms with Gasteiger partial charge in [0.25, 0.3) is 0 Å². The van der Waals surface area contributed by atoms with Crippen LogP contribution in [0.5, 0.6) is 0 Å². The third-order valence-electron chi connectivity index (χ3n) is 1.09. The molecule has 0 bridgehead atoms. The van der Waals surface area contributed by atoms with E-state index in [4.69, 9.17) is 4.74 Å². The Bertz CT molecular complexity index is 109. The van der Waals surface area contributed by atoms with Crippen LogP contribution in [0.25, 0.3) is 0 Å². The van der Waals surface area contributed by atoms with E-state index in [1.807, 2.05) is 20.0 Å². The Hall–Kier alpha value is -0.660. The number of nitrogens with one attached hydrogen (secondary N) is 1. The van der Waals surface area contributed by atoms with Gasteiger partial charge in [0.2, 0.25) is 0 Å². The molecule has 0 aliphatic carbocycles. The number of ether oxygens (including phenoxy) is 1. The van der Waals surface area contributed by atoms with Crippen LogP contribution >= 0.6 is 0 Å². The number of epoxide rings is 1. The molecule has 0 radical (unpaired) electrons. The van der Waals surface area contributed by atoms with Crippen LogP contribution < -0.4 is 5.32 Å². The van der Waals surface area contributed by atoms with Crippen LogP contribution in [0.15, 0.2) is 12.0 Å². The van der Waals surface area contributed by atoms with Crippen molar-refractivity contribution in [3.8, 4) is 0 Å². The third kappa shape index (κ3) is 0.782. The van der Waals surface area contributed by atoms with Crippen molar-refractivity contribution < 1.29 is 4.74 Å². The average molecular weight is 113 g/mol. The molecule has 0 aromatic carbocycles. The van der Waals surface area contributed by atoms with Gasteiger partial charge in [-0.25, -0.2) is 0 Å². The predicted octanol–water partition coefficient (Wildman–Crippen LogP) is 0.856. The molecule has 2 aliphatic heterocycles. The van der Waals surface area contributed by atoms with Gasteiger partial charge in [0.1, 0.15) is 0 Å². The zero-order chi connectivity index (χ0) is 5.98. The zero-order valence-corrected chi connectivity index (χ0v) is 5.27. The zero-order valence-electron chi connectivity index (χ0n) is 5.27.